The molecule has 1 aliphatic rings. The summed E-state index contributed by atoms with van der Waals surface area (Å²) in [7, 11) is 0. The molecule has 0 amide bonds. The molecule has 18 heavy (non-hydrogen) atoms. The first-order valence-electron chi connectivity index (χ1n) is 5.88. The molecule has 1 aromatic carbocycles. The minimum atomic E-state index is 0.320. The fraction of sp³-hybridized carbons (Fsp3) is 0.308. The Morgan fingerprint density at radius 2 is 1.78 bits per heavy atom. The second kappa shape index (κ2) is 4.57. The Morgan fingerprint density at radius 3 is 2.39 bits per heavy atom. The van der Waals surface area contributed by atoms with Gasteiger partial charge in [-0.15, -0.1) is 0 Å². The third-order valence-corrected chi connectivity index (χ3v) is 3.80. The van der Waals surface area contributed by atoms with Crippen LogP contribution in [0.15, 0.2) is 29.4 Å². The summed E-state index contributed by atoms with van der Waals surface area (Å²) in [6.07, 6.45) is 3.93. The summed E-state index contributed by atoms with van der Waals surface area (Å²) in [5.74, 6) is 1.47. The lowest BCUT2D eigenvalue weighted by Gasteiger charge is -2.08. The van der Waals surface area contributed by atoms with Gasteiger partial charge in [0, 0.05) is 5.92 Å². The molecule has 0 fully saturated rings. The molecule has 0 bridgehead atoms. The first kappa shape index (κ1) is 11.5. The van der Waals surface area contributed by atoms with E-state index in [0.717, 1.165) is 18.7 Å². The van der Waals surface area contributed by atoms with Gasteiger partial charge in [-0.05, 0) is 30.2 Å². The van der Waals surface area contributed by atoms with Crippen LogP contribution in [0.2, 0.25) is 0 Å². The lowest BCUT2D eigenvalue weighted by molar-refractivity contribution is 0.658. The third-order valence-electron chi connectivity index (χ3n) is 3.25. The predicted molar refractivity (Wildman–Crippen MR) is 72.6 cm³/mol. The number of nitrogen functional groups attached to an aromatic ring is 1. The van der Waals surface area contributed by atoms with Crippen molar-refractivity contribution in [2.75, 3.05) is 12.0 Å². The van der Waals surface area contributed by atoms with Gasteiger partial charge in [-0.1, -0.05) is 36.0 Å². The SMILES string of the molecule is CSc1nc(N)nc(C2Cc3ccccc3C2)n1. The summed E-state index contributed by atoms with van der Waals surface area (Å²) < 4.78 is 0. The average Bonchev–Trinajstić information content (AvgIpc) is 2.81. The number of nitrogens with two attached hydrogens (primary N) is 1. The van der Waals surface area contributed by atoms with E-state index in [1.54, 1.807) is 0 Å². The van der Waals surface area contributed by atoms with Crippen molar-refractivity contribution in [3.8, 4) is 0 Å². The van der Waals surface area contributed by atoms with Crippen molar-refractivity contribution in [2.24, 2.45) is 0 Å². The lowest BCUT2D eigenvalue weighted by Crippen LogP contribution is -2.09. The Labute approximate surface area is 110 Å². The summed E-state index contributed by atoms with van der Waals surface area (Å²) in [4.78, 5) is 12.9. The van der Waals surface area contributed by atoms with E-state index < -0.39 is 0 Å². The second-order valence-corrected chi connectivity index (χ2v) is 5.19. The first-order valence-corrected chi connectivity index (χ1v) is 7.11. The minimum absolute atomic E-state index is 0.320. The van der Waals surface area contributed by atoms with Crippen LogP contribution in [0.25, 0.3) is 0 Å². The van der Waals surface area contributed by atoms with Crippen LogP contribution >= 0.6 is 11.8 Å². The molecule has 2 N–H and O–H groups in total. The van der Waals surface area contributed by atoms with Gasteiger partial charge in [0.2, 0.25) is 5.95 Å². The summed E-state index contributed by atoms with van der Waals surface area (Å²) in [5.41, 5.74) is 8.52. The van der Waals surface area contributed by atoms with E-state index in [2.05, 4.69) is 39.2 Å². The van der Waals surface area contributed by atoms with Crippen LogP contribution in [-0.4, -0.2) is 21.2 Å². The molecule has 0 atom stereocenters. The monoisotopic (exact) mass is 258 g/mol. The normalized spacial score (nSPS) is 14.7. The molecule has 3 rings (SSSR count). The molecule has 1 heterocycles. The Kier molecular flexibility index (Phi) is 2.91. The first-order chi connectivity index (χ1) is 8.76. The molecule has 0 spiro atoms. The number of aromatic nitrogens is 3. The van der Waals surface area contributed by atoms with Crippen LogP contribution in [0, 0.1) is 0 Å². The van der Waals surface area contributed by atoms with Crippen LogP contribution in [0.5, 0.6) is 0 Å². The maximum Gasteiger partial charge on any atom is 0.224 e. The van der Waals surface area contributed by atoms with Gasteiger partial charge in [0.25, 0.3) is 0 Å². The van der Waals surface area contributed by atoms with Crippen molar-refractivity contribution in [1.29, 1.82) is 0 Å². The van der Waals surface area contributed by atoms with E-state index in [9.17, 15) is 0 Å². The number of nitrogens with zero attached hydrogens (tertiary/aromatic N) is 3. The zero-order valence-corrected chi connectivity index (χ0v) is 10.9. The number of hydrogen-bond donors (Lipinski definition) is 1. The van der Waals surface area contributed by atoms with Crippen LogP contribution in [0.1, 0.15) is 22.9 Å². The van der Waals surface area contributed by atoms with Gasteiger partial charge in [-0.3, -0.25) is 0 Å². The molecule has 0 radical (unpaired) electrons. The van der Waals surface area contributed by atoms with Crippen molar-refractivity contribution in [3.63, 3.8) is 0 Å². The van der Waals surface area contributed by atoms with Crippen LogP contribution in [0.4, 0.5) is 5.95 Å². The molecule has 0 saturated carbocycles. The third kappa shape index (κ3) is 2.06. The van der Waals surface area contributed by atoms with Gasteiger partial charge in [0.15, 0.2) is 5.16 Å². The average molecular weight is 258 g/mol. The van der Waals surface area contributed by atoms with Gasteiger partial charge in [-0.2, -0.15) is 9.97 Å². The smallest absolute Gasteiger partial charge is 0.224 e. The quantitative estimate of drug-likeness (QED) is 0.835. The summed E-state index contributed by atoms with van der Waals surface area (Å²) in [6, 6.07) is 8.51. The van der Waals surface area contributed by atoms with Gasteiger partial charge in [0.1, 0.15) is 5.82 Å². The molecule has 92 valence electrons. The van der Waals surface area contributed by atoms with Gasteiger partial charge >= 0.3 is 0 Å². The molecular weight excluding hydrogens is 244 g/mol. The number of thioether (sulfide) groups is 1. The van der Waals surface area contributed by atoms with Crippen LogP contribution in [-0.2, 0) is 12.8 Å². The van der Waals surface area contributed by atoms with Crippen molar-refractivity contribution in [2.45, 2.75) is 23.9 Å². The van der Waals surface area contributed by atoms with Crippen LogP contribution < -0.4 is 5.73 Å². The number of fused-ring (bicyclic) bond motifs is 1. The fourth-order valence-electron chi connectivity index (χ4n) is 2.40. The number of benzene rings is 1. The number of rotatable bonds is 2. The van der Waals surface area contributed by atoms with E-state index in [1.807, 2.05) is 6.26 Å². The predicted octanol–water partition coefficient (Wildman–Crippen LogP) is 2.06. The maximum atomic E-state index is 5.73. The highest BCUT2D eigenvalue weighted by Gasteiger charge is 2.25. The maximum absolute atomic E-state index is 5.73. The van der Waals surface area contributed by atoms with E-state index >= 15 is 0 Å². The van der Waals surface area contributed by atoms with Gasteiger partial charge < -0.3 is 5.73 Å². The van der Waals surface area contributed by atoms with E-state index in [-0.39, 0.29) is 0 Å². The van der Waals surface area contributed by atoms with E-state index in [0.29, 0.717) is 17.0 Å². The molecule has 4 nitrogen and oxygen atoms in total. The van der Waals surface area contributed by atoms with E-state index in [1.165, 1.54) is 22.9 Å². The molecule has 1 aliphatic carbocycles. The highest BCUT2D eigenvalue weighted by molar-refractivity contribution is 7.98. The zero-order valence-electron chi connectivity index (χ0n) is 10.1. The van der Waals surface area contributed by atoms with Gasteiger partial charge in [-0.25, -0.2) is 4.98 Å². The molecule has 5 heteroatoms. The molecule has 0 unspecified atom stereocenters. The summed E-state index contributed by atoms with van der Waals surface area (Å²) in [5, 5.41) is 0.702. The highest BCUT2D eigenvalue weighted by Crippen LogP contribution is 2.32. The minimum Gasteiger partial charge on any atom is -0.368 e. The Bertz CT molecular complexity index is 560. The fourth-order valence-corrected chi connectivity index (χ4v) is 2.77. The Morgan fingerprint density at radius 1 is 1.11 bits per heavy atom. The summed E-state index contributed by atoms with van der Waals surface area (Å²) in [6.45, 7) is 0. The Balaban J connectivity index is 1.92. The molecule has 2 aromatic rings. The molecule has 1 aromatic heterocycles. The highest BCUT2D eigenvalue weighted by atomic mass is 32.2. The lowest BCUT2D eigenvalue weighted by atomic mass is 10.1. The Hall–Kier alpha value is -1.62. The van der Waals surface area contributed by atoms with E-state index in [4.69, 9.17) is 5.73 Å². The van der Waals surface area contributed by atoms with Crippen molar-refractivity contribution in [1.82, 2.24) is 15.0 Å². The number of anilines is 1. The van der Waals surface area contributed by atoms with Gasteiger partial charge in [0.05, 0.1) is 0 Å². The molecular formula is C13H14N4S. The summed E-state index contributed by atoms with van der Waals surface area (Å²) >= 11 is 1.50. The standard InChI is InChI=1S/C13H14N4S/c1-18-13-16-11(15-12(14)17-13)10-6-8-4-2-3-5-9(8)7-10/h2-5,10H,6-7H2,1H3,(H2,14,15,16,17). The molecule has 0 saturated heterocycles. The zero-order chi connectivity index (χ0) is 12.5. The number of hydrogen-bond acceptors (Lipinski definition) is 5. The topological polar surface area (TPSA) is 64.7 Å². The largest absolute Gasteiger partial charge is 0.368 e. The van der Waals surface area contributed by atoms with Crippen molar-refractivity contribution >= 4 is 17.7 Å². The molecule has 0 aliphatic heterocycles. The second-order valence-electron chi connectivity index (χ2n) is 4.41. The van der Waals surface area contributed by atoms with Crippen molar-refractivity contribution < 1.29 is 0 Å². The van der Waals surface area contributed by atoms with Crippen molar-refractivity contribution in [3.05, 3.63) is 41.2 Å². The van der Waals surface area contributed by atoms with Crippen LogP contribution in [0.3, 0.4) is 0 Å².